The van der Waals surface area contributed by atoms with E-state index >= 15 is 0 Å². The summed E-state index contributed by atoms with van der Waals surface area (Å²) in [4.78, 5) is 5.68. The van der Waals surface area contributed by atoms with Gasteiger partial charge in [-0.05, 0) is 43.7 Å². The smallest absolute Gasteiger partial charge is 0.384 e. The highest BCUT2D eigenvalue weighted by Gasteiger charge is 2.54. The second-order valence-electron chi connectivity index (χ2n) is 7.89. The zero-order valence-electron chi connectivity index (χ0n) is 19.2. The Labute approximate surface area is 202 Å². The third kappa shape index (κ3) is 5.38. The van der Waals surface area contributed by atoms with Gasteiger partial charge in [-0.25, -0.2) is 13.4 Å². The summed E-state index contributed by atoms with van der Waals surface area (Å²) in [5, 5.41) is 10.4. The summed E-state index contributed by atoms with van der Waals surface area (Å²) in [6, 6.07) is 7.59. The Bertz CT molecular complexity index is 1270. The minimum atomic E-state index is -4.91. The quantitative estimate of drug-likeness (QED) is 0.605. The fraction of sp³-hybridized carbons (Fsp3) is 0.375. The van der Waals surface area contributed by atoms with Gasteiger partial charge in [0.05, 0.1) is 6.42 Å². The monoisotopic (exact) mass is 506 g/mol. The van der Waals surface area contributed by atoms with E-state index < -0.39 is 34.3 Å². The molecule has 0 aliphatic carbocycles. The molecular formula is C24H25F3N4O3S. The lowest BCUT2D eigenvalue weighted by Crippen LogP contribution is -2.54. The topological polar surface area (TPSA) is 99.8 Å². The molecule has 1 aromatic heterocycles. The number of anilines is 2. The largest absolute Gasteiger partial charge is 0.422 e. The second kappa shape index (κ2) is 10.2. The van der Waals surface area contributed by atoms with Crippen molar-refractivity contribution in [2.75, 3.05) is 30.3 Å². The van der Waals surface area contributed by atoms with E-state index in [0.29, 0.717) is 5.69 Å². The zero-order valence-corrected chi connectivity index (χ0v) is 20.0. The second-order valence-corrected chi connectivity index (χ2v) is 9.83. The molecular weight excluding hydrogens is 481 g/mol. The van der Waals surface area contributed by atoms with Crippen LogP contribution >= 0.6 is 0 Å². The van der Waals surface area contributed by atoms with Crippen LogP contribution < -0.4 is 10.6 Å². The van der Waals surface area contributed by atoms with Crippen molar-refractivity contribution in [3.05, 3.63) is 48.2 Å². The number of hydrogen-bond acceptors (Lipinski definition) is 6. The van der Waals surface area contributed by atoms with Crippen LogP contribution in [0.4, 0.5) is 24.7 Å². The van der Waals surface area contributed by atoms with Crippen LogP contribution in [0, 0.1) is 23.7 Å². The van der Waals surface area contributed by atoms with Crippen molar-refractivity contribution in [3.8, 4) is 23.7 Å². The van der Waals surface area contributed by atoms with E-state index in [0.717, 1.165) is 0 Å². The molecule has 3 N–H and O–H groups in total. The van der Waals surface area contributed by atoms with E-state index in [4.69, 9.17) is 5.73 Å². The van der Waals surface area contributed by atoms with Crippen LogP contribution in [0.1, 0.15) is 25.8 Å². The Morgan fingerprint density at radius 1 is 1.11 bits per heavy atom. The molecule has 35 heavy (non-hydrogen) atoms. The summed E-state index contributed by atoms with van der Waals surface area (Å²) in [5.41, 5.74) is 2.68. The lowest BCUT2D eigenvalue weighted by Gasteiger charge is -2.40. The van der Waals surface area contributed by atoms with Gasteiger partial charge in [-0.15, -0.1) is 11.8 Å². The minimum absolute atomic E-state index is 0.00863. The summed E-state index contributed by atoms with van der Waals surface area (Å²) in [7, 11) is -3.84. The summed E-state index contributed by atoms with van der Waals surface area (Å²) in [6.07, 6.45) is -4.50. The highest BCUT2D eigenvalue weighted by molar-refractivity contribution is 7.89. The molecule has 1 saturated heterocycles. The van der Waals surface area contributed by atoms with Crippen molar-refractivity contribution in [2.24, 2.45) is 0 Å². The molecule has 0 amide bonds. The first-order chi connectivity index (χ1) is 16.4. The maximum Gasteiger partial charge on any atom is 0.422 e. The molecule has 1 aliphatic rings. The van der Waals surface area contributed by atoms with Crippen molar-refractivity contribution >= 4 is 21.5 Å². The van der Waals surface area contributed by atoms with Gasteiger partial charge in [0.1, 0.15) is 16.8 Å². The average Bonchev–Trinajstić information content (AvgIpc) is 2.82. The number of hydrogen-bond donors (Lipinski definition) is 2. The van der Waals surface area contributed by atoms with Crippen LogP contribution in [0.3, 0.4) is 0 Å². The van der Waals surface area contributed by atoms with Crippen LogP contribution in [-0.4, -0.2) is 54.7 Å². The van der Waals surface area contributed by atoms with Crippen LogP contribution in [0.25, 0.3) is 0 Å². The minimum Gasteiger partial charge on any atom is -0.384 e. The van der Waals surface area contributed by atoms with Gasteiger partial charge in [0.2, 0.25) is 10.0 Å². The van der Waals surface area contributed by atoms with Crippen LogP contribution in [0.2, 0.25) is 0 Å². The van der Waals surface area contributed by atoms with E-state index in [1.54, 1.807) is 6.92 Å². The molecule has 0 bridgehead atoms. The number of nitrogen functional groups attached to an aromatic ring is 1. The Kier molecular flexibility index (Phi) is 7.65. The normalized spacial score (nSPS) is 18.6. The van der Waals surface area contributed by atoms with Gasteiger partial charge in [0.15, 0.2) is 5.60 Å². The fourth-order valence-electron chi connectivity index (χ4n) is 3.78. The van der Waals surface area contributed by atoms with E-state index in [1.807, 2.05) is 4.90 Å². The number of alkyl halides is 3. The number of aromatic nitrogens is 1. The molecule has 0 spiro atoms. The first-order valence-corrected chi connectivity index (χ1v) is 12.1. The van der Waals surface area contributed by atoms with Crippen LogP contribution in [0.5, 0.6) is 0 Å². The fourth-order valence-corrected chi connectivity index (χ4v) is 5.16. The van der Waals surface area contributed by atoms with Gasteiger partial charge >= 0.3 is 6.18 Å². The number of nitrogens with zero attached hydrogens (tertiary/aromatic N) is 3. The van der Waals surface area contributed by atoms with Gasteiger partial charge in [0, 0.05) is 31.5 Å². The number of pyridine rings is 1. The number of rotatable bonds is 5. The highest BCUT2D eigenvalue weighted by Crippen LogP contribution is 2.42. The van der Waals surface area contributed by atoms with Gasteiger partial charge in [-0.3, -0.25) is 0 Å². The number of piperazine rings is 1. The van der Waals surface area contributed by atoms with Gasteiger partial charge < -0.3 is 15.7 Å². The summed E-state index contributed by atoms with van der Waals surface area (Å²) in [6.45, 7) is 3.46. The number of halogens is 3. The lowest BCUT2D eigenvalue weighted by atomic mass is 9.89. The Hall–Kier alpha value is -3.25. The predicted octanol–water partition coefficient (Wildman–Crippen LogP) is 2.73. The van der Waals surface area contributed by atoms with Crippen LogP contribution in [0.15, 0.2) is 47.5 Å². The molecule has 1 unspecified atom stereocenters. The number of benzene rings is 1. The molecule has 1 aromatic carbocycles. The molecule has 0 saturated carbocycles. The maximum atomic E-state index is 13.6. The van der Waals surface area contributed by atoms with Crippen molar-refractivity contribution in [1.29, 1.82) is 0 Å². The maximum absolute atomic E-state index is 13.6. The Morgan fingerprint density at radius 2 is 1.80 bits per heavy atom. The third-order valence-corrected chi connectivity index (χ3v) is 7.57. The SMILES string of the molecule is CC#CCC(O)(c1ccc(N2CCN(S(=O)(=O)c3ccc(N)nc3)C[C@@H]2C#CC)cc1)C(F)(F)F. The first-order valence-electron chi connectivity index (χ1n) is 10.6. The summed E-state index contributed by atoms with van der Waals surface area (Å²) < 4.78 is 68.3. The van der Waals surface area contributed by atoms with Crippen LogP contribution in [-0.2, 0) is 15.6 Å². The molecule has 186 valence electrons. The van der Waals surface area contributed by atoms with E-state index in [9.17, 15) is 26.7 Å². The lowest BCUT2D eigenvalue weighted by molar-refractivity contribution is -0.264. The van der Waals surface area contributed by atoms with Crippen molar-refractivity contribution in [2.45, 2.75) is 43.0 Å². The van der Waals surface area contributed by atoms with Crippen molar-refractivity contribution in [3.63, 3.8) is 0 Å². The Balaban J connectivity index is 1.87. The molecule has 1 fully saturated rings. The number of aliphatic hydroxyl groups is 1. The third-order valence-electron chi connectivity index (χ3n) is 5.72. The summed E-state index contributed by atoms with van der Waals surface area (Å²) >= 11 is 0. The van der Waals surface area contributed by atoms with Gasteiger partial charge in [-0.2, -0.15) is 17.5 Å². The zero-order chi connectivity index (χ0) is 25.9. The molecule has 3 rings (SSSR count). The summed E-state index contributed by atoms with van der Waals surface area (Å²) in [5.74, 6) is 10.7. The molecule has 11 heteroatoms. The molecule has 7 nitrogen and oxygen atoms in total. The highest BCUT2D eigenvalue weighted by atomic mass is 32.2. The van der Waals surface area contributed by atoms with E-state index in [-0.39, 0.29) is 35.9 Å². The molecule has 0 radical (unpaired) electrons. The van der Waals surface area contributed by atoms with Gasteiger partial charge in [0.25, 0.3) is 0 Å². The van der Waals surface area contributed by atoms with Crippen molar-refractivity contribution < 1.29 is 26.7 Å². The van der Waals surface area contributed by atoms with Crippen molar-refractivity contribution in [1.82, 2.24) is 9.29 Å². The predicted molar refractivity (Wildman–Crippen MR) is 126 cm³/mol. The first kappa shape index (κ1) is 26.4. The molecule has 1 aliphatic heterocycles. The standard InChI is InChI=1S/C24H25F3N4O3S/c1-3-5-13-23(32,24(25,26)27)18-7-9-19(10-8-18)31-15-14-30(17-20(31)6-4-2)35(33,34)21-11-12-22(28)29-16-21/h7-12,16,20,32H,13-15,17H2,1-2H3,(H2,28,29)/t20-,23?/m0/s1. The molecule has 2 atom stereocenters. The molecule has 2 heterocycles. The number of nitrogens with two attached hydrogens (primary N) is 1. The molecule has 2 aromatic rings. The Morgan fingerprint density at radius 3 is 2.34 bits per heavy atom. The van der Waals surface area contributed by atoms with Gasteiger partial charge in [-0.1, -0.05) is 24.0 Å². The average molecular weight is 507 g/mol. The number of sulfonamides is 1. The van der Waals surface area contributed by atoms with E-state index in [1.165, 1.54) is 53.8 Å². The van der Waals surface area contributed by atoms with E-state index in [2.05, 4.69) is 28.7 Å².